The zero-order chi connectivity index (χ0) is 19.1. The molecular weight excluding hydrogens is 391 g/mol. The van der Waals surface area contributed by atoms with E-state index in [4.69, 9.17) is 0 Å². The number of rotatable bonds is 3. The SMILES string of the molecule is CCN1c2nccnc2C(=O)C(c2ccccc2SC(F)(F)F)S1(=O)=O. The summed E-state index contributed by atoms with van der Waals surface area (Å²) in [7, 11) is -4.31. The Balaban J connectivity index is 2.22. The maximum atomic E-state index is 13.0. The van der Waals surface area contributed by atoms with Crippen LogP contribution in [-0.2, 0) is 10.0 Å². The Morgan fingerprint density at radius 2 is 1.85 bits per heavy atom. The van der Waals surface area contributed by atoms with Gasteiger partial charge in [-0.05, 0) is 30.3 Å². The van der Waals surface area contributed by atoms with Gasteiger partial charge in [-0.1, -0.05) is 18.2 Å². The number of anilines is 1. The summed E-state index contributed by atoms with van der Waals surface area (Å²) in [6, 6.07) is 5.09. The second kappa shape index (κ2) is 6.54. The largest absolute Gasteiger partial charge is 0.446 e. The van der Waals surface area contributed by atoms with Crippen LogP contribution in [0.2, 0.25) is 0 Å². The van der Waals surface area contributed by atoms with Crippen LogP contribution in [-0.4, -0.2) is 36.2 Å². The first kappa shape index (κ1) is 18.6. The zero-order valence-electron chi connectivity index (χ0n) is 13.3. The molecule has 2 aromatic rings. The first-order valence-corrected chi connectivity index (χ1v) is 9.70. The van der Waals surface area contributed by atoms with Crippen molar-refractivity contribution in [3.8, 4) is 0 Å². The highest BCUT2D eigenvalue weighted by Crippen LogP contribution is 2.45. The van der Waals surface area contributed by atoms with Gasteiger partial charge < -0.3 is 0 Å². The van der Waals surface area contributed by atoms with Crippen molar-refractivity contribution in [2.45, 2.75) is 22.6 Å². The minimum absolute atomic E-state index is 0.0353. The number of hydrogen-bond donors (Lipinski definition) is 0. The van der Waals surface area contributed by atoms with Crippen molar-refractivity contribution in [2.75, 3.05) is 10.8 Å². The molecule has 3 rings (SSSR count). The Hall–Kier alpha value is -2.14. The van der Waals surface area contributed by atoms with Gasteiger partial charge >= 0.3 is 5.51 Å². The van der Waals surface area contributed by atoms with Crippen LogP contribution in [0.3, 0.4) is 0 Å². The third kappa shape index (κ3) is 3.16. The molecular formula is C15H12F3N3O3S2. The van der Waals surface area contributed by atoms with E-state index in [0.29, 0.717) is 0 Å². The number of hydrogen-bond acceptors (Lipinski definition) is 6. The van der Waals surface area contributed by atoms with Gasteiger partial charge in [0, 0.05) is 23.8 Å². The molecule has 1 aliphatic heterocycles. The van der Waals surface area contributed by atoms with Crippen molar-refractivity contribution < 1.29 is 26.4 Å². The highest BCUT2D eigenvalue weighted by Gasteiger charge is 2.48. The van der Waals surface area contributed by atoms with Crippen molar-refractivity contribution in [2.24, 2.45) is 0 Å². The predicted molar refractivity (Wildman–Crippen MR) is 89.4 cm³/mol. The van der Waals surface area contributed by atoms with Gasteiger partial charge in [0.1, 0.15) is 0 Å². The second-order valence-corrected chi connectivity index (χ2v) is 8.32. The summed E-state index contributed by atoms with van der Waals surface area (Å²) in [5, 5.41) is -1.81. The lowest BCUT2D eigenvalue weighted by Gasteiger charge is -2.32. The summed E-state index contributed by atoms with van der Waals surface area (Å²) in [6.45, 7) is 1.51. The molecule has 1 aliphatic rings. The van der Waals surface area contributed by atoms with Crippen molar-refractivity contribution in [1.82, 2.24) is 9.97 Å². The summed E-state index contributed by atoms with van der Waals surface area (Å²) in [6.07, 6.45) is 2.48. The zero-order valence-corrected chi connectivity index (χ0v) is 14.9. The lowest BCUT2D eigenvalue weighted by Crippen LogP contribution is -2.44. The van der Waals surface area contributed by atoms with Crippen LogP contribution in [0.4, 0.5) is 19.0 Å². The number of aromatic nitrogens is 2. The van der Waals surface area contributed by atoms with Gasteiger partial charge in [-0.2, -0.15) is 13.2 Å². The molecule has 2 heterocycles. The number of fused-ring (bicyclic) bond motifs is 1. The summed E-state index contributed by atoms with van der Waals surface area (Å²) in [5.41, 5.74) is -5.03. The predicted octanol–water partition coefficient (Wildman–Crippen LogP) is 3.18. The van der Waals surface area contributed by atoms with Crippen molar-refractivity contribution in [3.63, 3.8) is 0 Å². The monoisotopic (exact) mass is 403 g/mol. The van der Waals surface area contributed by atoms with E-state index < -0.39 is 38.3 Å². The number of halogens is 3. The minimum atomic E-state index is -4.63. The number of ketones is 1. The van der Waals surface area contributed by atoms with Gasteiger partial charge in [-0.15, -0.1) is 0 Å². The molecule has 0 fully saturated rings. The molecule has 1 unspecified atom stereocenters. The summed E-state index contributed by atoms with van der Waals surface area (Å²) >= 11 is -0.457. The van der Waals surface area contributed by atoms with Gasteiger partial charge in [0.05, 0.1) is 0 Å². The summed E-state index contributed by atoms with van der Waals surface area (Å²) < 4.78 is 65.4. The molecule has 11 heteroatoms. The van der Waals surface area contributed by atoms with E-state index in [-0.39, 0.29) is 28.5 Å². The quantitative estimate of drug-likeness (QED) is 0.733. The molecule has 0 spiro atoms. The second-order valence-electron chi connectivity index (χ2n) is 5.27. The van der Waals surface area contributed by atoms with Crippen molar-refractivity contribution >= 4 is 33.4 Å². The van der Waals surface area contributed by atoms with Crippen LogP contribution in [0.25, 0.3) is 0 Å². The molecule has 1 aromatic carbocycles. The average molecular weight is 403 g/mol. The Kier molecular flexibility index (Phi) is 4.69. The highest BCUT2D eigenvalue weighted by atomic mass is 32.2. The van der Waals surface area contributed by atoms with Crippen LogP contribution in [0, 0.1) is 0 Å². The number of sulfonamides is 1. The van der Waals surface area contributed by atoms with E-state index in [2.05, 4.69) is 9.97 Å². The molecule has 0 N–H and O–H groups in total. The van der Waals surface area contributed by atoms with Crippen LogP contribution in [0.15, 0.2) is 41.6 Å². The number of alkyl halides is 3. The molecule has 0 saturated heterocycles. The van der Waals surface area contributed by atoms with E-state index >= 15 is 0 Å². The van der Waals surface area contributed by atoms with Crippen LogP contribution in [0.1, 0.15) is 28.2 Å². The van der Waals surface area contributed by atoms with Gasteiger partial charge in [0.15, 0.2) is 16.8 Å². The van der Waals surface area contributed by atoms with Gasteiger partial charge in [-0.3, -0.25) is 9.10 Å². The Morgan fingerprint density at radius 1 is 1.19 bits per heavy atom. The number of carbonyl (C=O) groups excluding carboxylic acids is 1. The molecule has 6 nitrogen and oxygen atoms in total. The summed E-state index contributed by atoms with van der Waals surface area (Å²) in [4.78, 5) is 20.3. The lowest BCUT2D eigenvalue weighted by molar-refractivity contribution is -0.0328. The molecule has 26 heavy (non-hydrogen) atoms. The molecule has 0 amide bonds. The fourth-order valence-corrected chi connectivity index (χ4v) is 5.41. The normalized spacial score (nSPS) is 19.3. The molecule has 1 aromatic heterocycles. The number of benzene rings is 1. The molecule has 0 bridgehead atoms. The van der Waals surface area contributed by atoms with E-state index in [9.17, 15) is 26.4 Å². The number of thioether (sulfide) groups is 1. The van der Waals surface area contributed by atoms with Crippen LogP contribution in [0.5, 0.6) is 0 Å². The minimum Gasteiger partial charge on any atom is -0.290 e. The van der Waals surface area contributed by atoms with E-state index in [0.717, 1.165) is 10.4 Å². The number of Topliss-reactive ketones (excluding diaryl/α,β-unsaturated/α-hetero) is 1. The molecule has 0 saturated carbocycles. The van der Waals surface area contributed by atoms with Crippen molar-refractivity contribution in [3.05, 3.63) is 47.9 Å². The van der Waals surface area contributed by atoms with Gasteiger partial charge in [-0.25, -0.2) is 18.4 Å². The van der Waals surface area contributed by atoms with Crippen LogP contribution >= 0.6 is 11.8 Å². The molecule has 0 radical (unpaired) electrons. The standard InChI is InChI=1S/C15H12F3N3O3S2/c1-2-21-14-11(19-7-8-20-14)12(22)13(26(21,23)24)9-5-3-4-6-10(9)25-15(16,17)18/h3-8,13H,2H2,1H3. The average Bonchev–Trinajstić information content (AvgIpc) is 2.55. The van der Waals surface area contributed by atoms with Gasteiger partial charge in [0.2, 0.25) is 5.78 Å². The number of nitrogens with zero attached hydrogens (tertiary/aromatic N) is 3. The first-order valence-electron chi connectivity index (χ1n) is 7.38. The fraction of sp³-hybridized carbons (Fsp3) is 0.267. The maximum absolute atomic E-state index is 13.0. The van der Waals surface area contributed by atoms with Gasteiger partial charge in [0.25, 0.3) is 10.0 Å². The smallest absolute Gasteiger partial charge is 0.290 e. The molecule has 1 atom stereocenters. The van der Waals surface area contributed by atoms with E-state index in [1.54, 1.807) is 6.92 Å². The maximum Gasteiger partial charge on any atom is 0.446 e. The highest BCUT2D eigenvalue weighted by molar-refractivity contribution is 8.00. The Morgan fingerprint density at radius 3 is 2.50 bits per heavy atom. The van der Waals surface area contributed by atoms with E-state index in [1.807, 2.05) is 0 Å². The molecule has 0 aliphatic carbocycles. The Labute approximate surface area is 151 Å². The third-order valence-electron chi connectivity index (χ3n) is 3.71. The van der Waals surface area contributed by atoms with E-state index in [1.165, 1.54) is 30.6 Å². The van der Waals surface area contributed by atoms with Crippen molar-refractivity contribution in [1.29, 1.82) is 0 Å². The molecule has 138 valence electrons. The first-order chi connectivity index (χ1) is 12.2. The topological polar surface area (TPSA) is 80.2 Å². The third-order valence-corrected chi connectivity index (χ3v) is 6.64. The summed E-state index contributed by atoms with van der Waals surface area (Å²) in [5.74, 6) is -1.01. The van der Waals surface area contributed by atoms with Crippen LogP contribution < -0.4 is 4.31 Å². The Bertz CT molecular complexity index is 964. The fourth-order valence-electron chi connectivity index (χ4n) is 2.74. The number of carbonyl (C=O) groups is 1. The lowest BCUT2D eigenvalue weighted by atomic mass is 10.1.